The Hall–Kier alpha value is -2.96. The van der Waals surface area contributed by atoms with Crippen LogP contribution in [-0.2, 0) is 6.42 Å². The van der Waals surface area contributed by atoms with E-state index in [4.69, 9.17) is 0 Å². The summed E-state index contributed by atoms with van der Waals surface area (Å²) in [6.07, 6.45) is 3.25. The van der Waals surface area contributed by atoms with Gasteiger partial charge in [0.1, 0.15) is 5.69 Å². The quantitative estimate of drug-likeness (QED) is 0.690. The second kappa shape index (κ2) is 6.66. The largest absolute Gasteiger partial charge is 0.332 e. The fourth-order valence-corrected chi connectivity index (χ4v) is 2.89. The molecular formula is C17H18N4O3. The second-order valence-corrected chi connectivity index (χ2v) is 5.62. The zero-order chi connectivity index (χ0) is 17.1. The maximum atomic E-state index is 12.7. The highest BCUT2D eigenvalue weighted by atomic mass is 16.6. The molecule has 0 spiro atoms. The number of nitro groups is 1. The molecule has 1 amide bonds. The molecule has 2 aromatic rings. The summed E-state index contributed by atoms with van der Waals surface area (Å²) in [5.74, 6) is -0.404. The van der Waals surface area contributed by atoms with Crippen LogP contribution in [0.2, 0.25) is 0 Å². The average molecular weight is 326 g/mol. The van der Waals surface area contributed by atoms with Crippen molar-refractivity contribution < 1.29 is 9.72 Å². The number of aromatic amines is 1. The van der Waals surface area contributed by atoms with Gasteiger partial charge in [0.05, 0.1) is 4.92 Å². The van der Waals surface area contributed by atoms with Crippen LogP contribution >= 0.6 is 0 Å². The number of nitrogens with zero attached hydrogens (tertiary/aromatic N) is 3. The smallest absolute Gasteiger partial charge is 0.322 e. The number of benzene rings is 1. The number of hydrogen-bond donors (Lipinski definition) is 1. The normalized spacial score (nSPS) is 14.4. The molecule has 1 aliphatic heterocycles. The summed E-state index contributed by atoms with van der Waals surface area (Å²) >= 11 is 0. The maximum absolute atomic E-state index is 12.7. The predicted molar refractivity (Wildman–Crippen MR) is 89.6 cm³/mol. The van der Waals surface area contributed by atoms with Crippen molar-refractivity contribution in [3.8, 4) is 0 Å². The van der Waals surface area contributed by atoms with Gasteiger partial charge in [-0.15, -0.1) is 0 Å². The van der Waals surface area contributed by atoms with Crippen molar-refractivity contribution in [2.75, 3.05) is 13.1 Å². The van der Waals surface area contributed by atoms with E-state index >= 15 is 0 Å². The van der Waals surface area contributed by atoms with Crippen LogP contribution < -0.4 is 0 Å². The second-order valence-electron chi connectivity index (χ2n) is 5.62. The summed E-state index contributed by atoms with van der Waals surface area (Å²) in [4.78, 5) is 25.1. The molecule has 0 atom stereocenters. The summed E-state index contributed by atoms with van der Waals surface area (Å²) in [5.41, 5.74) is 2.16. The van der Waals surface area contributed by atoms with E-state index in [0.717, 1.165) is 17.6 Å². The van der Waals surface area contributed by atoms with Gasteiger partial charge in [-0.2, -0.15) is 5.10 Å². The number of rotatable bonds is 4. The molecule has 0 saturated heterocycles. The van der Waals surface area contributed by atoms with E-state index < -0.39 is 10.8 Å². The number of aryl methyl sites for hydroxylation is 1. The molecule has 2 heterocycles. The summed E-state index contributed by atoms with van der Waals surface area (Å²) in [6.45, 7) is 2.74. The summed E-state index contributed by atoms with van der Waals surface area (Å²) in [6, 6.07) is 9.82. The van der Waals surface area contributed by atoms with Gasteiger partial charge < -0.3 is 4.90 Å². The Morgan fingerprint density at radius 1 is 1.38 bits per heavy atom. The molecule has 24 heavy (non-hydrogen) atoms. The minimum atomic E-state index is -0.534. The van der Waals surface area contributed by atoms with E-state index in [-0.39, 0.29) is 11.4 Å². The van der Waals surface area contributed by atoms with Gasteiger partial charge in [-0.25, -0.2) is 0 Å². The molecule has 1 aromatic heterocycles. The lowest BCUT2D eigenvalue weighted by molar-refractivity contribution is -0.385. The fraction of sp³-hybridized carbons (Fsp3) is 0.294. The van der Waals surface area contributed by atoms with Crippen molar-refractivity contribution in [1.82, 2.24) is 15.1 Å². The van der Waals surface area contributed by atoms with E-state index in [9.17, 15) is 14.9 Å². The van der Waals surface area contributed by atoms with Gasteiger partial charge in [-0.05, 0) is 24.0 Å². The van der Waals surface area contributed by atoms with Crippen molar-refractivity contribution in [1.29, 1.82) is 0 Å². The van der Waals surface area contributed by atoms with Crippen molar-refractivity contribution in [2.45, 2.75) is 19.8 Å². The number of carbonyl (C=O) groups is 1. The minimum Gasteiger partial charge on any atom is -0.332 e. The lowest BCUT2D eigenvalue weighted by atomic mass is 10.0. The van der Waals surface area contributed by atoms with Gasteiger partial charge in [0, 0.05) is 13.1 Å². The Kier molecular flexibility index (Phi) is 4.41. The highest BCUT2D eigenvalue weighted by Gasteiger charge is 2.32. The van der Waals surface area contributed by atoms with E-state index in [0.29, 0.717) is 25.2 Å². The van der Waals surface area contributed by atoms with Gasteiger partial charge in [-0.3, -0.25) is 20.0 Å². The molecule has 0 bridgehead atoms. The molecule has 7 nitrogen and oxygen atoms in total. The number of H-pyrrole nitrogens is 1. The highest BCUT2D eigenvalue weighted by Crippen LogP contribution is 2.26. The molecular weight excluding hydrogens is 308 g/mol. The van der Waals surface area contributed by atoms with Gasteiger partial charge in [0.15, 0.2) is 0 Å². The van der Waals surface area contributed by atoms with Crippen LogP contribution in [0.25, 0.3) is 5.57 Å². The third-order valence-electron chi connectivity index (χ3n) is 4.13. The third kappa shape index (κ3) is 2.92. The summed E-state index contributed by atoms with van der Waals surface area (Å²) in [7, 11) is 0. The van der Waals surface area contributed by atoms with Gasteiger partial charge in [0.25, 0.3) is 5.91 Å². The molecule has 1 aromatic carbocycles. The highest BCUT2D eigenvalue weighted by molar-refractivity contribution is 5.97. The predicted octanol–water partition coefficient (Wildman–Crippen LogP) is 2.81. The monoisotopic (exact) mass is 326 g/mol. The number of carbonyl (C=O) groups excluding carboxylic acids is 1. The summed E-state index contributed by atoms with van der Waals surface area (Å²) in [5, 5.41) is 17.8. The van der Waals surface area contributed by atoms with Crippen LogP contribution in [-0.4, -0.2) is 39.0 Å². The average Bonchev–Trinajstić information content (AvgIpc) is 3.06. The lowest BCUT2D eigenvalue weighted by Crippen LogP contribution is -2.36. The molecule has 0 unspecified atom stereocenters. The van der Waals surface area contributed by atoms with Crippen LogP contribution in [0.1, 0.15) is 35.1 Å². The first-order valence-corrected chi connectivity index (χ1v) is 7.87. The van der Waals surface area contributed by atoms with Crippen molar-refractivity contribution in [2.24, 2.45) is 0 Å². The first kappa shape index (κ1) is 15.9. The Morgan fingerprint density at radius 3 is 2.79 bits per heavy atom. The Bertz CT molecular complexity index is 795. The first-order valence-electron chi connectivity index (χ1n) is 7.87. The van der Waals surface area contributed by atoms with Crippen LogP contribution in [0.4, 0.5) is 5.69 Å². The number of nitrogens with one attached hydrogen (secondary N) is 1. The lowest BCUT2D eigenvalue weighted by Gasteiger charge is -2.26. The Labute approximate surface area is 139 Å². The molecule has 0 fully saturated rings. The van der Waals surface area contributed by atoms with Crippen LogP contribution in [0, 0.1) is 10.1 Å². The molecule has 0 aliphatic carbocycles. The van der Waals surface area contributed by atoms with Gasteiger partial charge >= 0.3 is 5.69 Å². The molecule has 1 aliphatic rings. The van der Waals surface area contributed by atoms with Gasteiger partial charge in [-0.1, -0.05) is 43.3 Å². The van der Waals surface area contributed by atoms with Crippen LogP contribution in [0.5, 0.6) is 0 Å². The number of hydrogen-bond acceptors (Lipinski definition) is 4. The first-order chi connectivity index (χ1) is 11.6. The van der Waals surface area contributed by atoms with E-state index in [1.807, 2.05) is 30.3 Å². The molecule has 0 saturated carbocycles. The SMILES string of the molecule is CCc1[nH]nc(C(=O)N2CCC=C(c3ccccc3)C2)c1[N+](=O)[O-]. The van der Waals surface area contributed by atoms with Crippen molar-refractivity contribution in [3.63, 3.8) is 0 Å². The topological polar surface area (TPSA) is 92.1 Å². The standard InChI is InChI=1S/C17H18N4O3/c1-2-14-16(21(23)24)15(19-18-14)17(22)20-10-6-9-13(11-20)12-7-4-3-5-8-12/h3-5,7-9H,2,6,10-11H2,1H3,(H,18,19). The van der Waals surface area contributed by atoms with Crippen molar-refractivity contribution in [3.05, 3.63) is 63.5 Å². The Balaban J connectivity index is 1.86. The molecule has 124 valence electrons. The summed E-state index contributed by atoms with van der Waals surface area (Å²) < 4.78 is 0. The van der Waals surface area contributed by atoms with Crippen molar-refractivity contribution >= 4 is 17.2 Å². The molecule has 1 N–H and O–H groups in total. The van der Waals surface area contributed by atoms with E-state index in [1.165, 1.54) is 0 Å². The molecule has 3 rings (SSSR count). The third-order valence-corrected chi connectivity index (χ3v) is 4.13. The zero-order valence-electron chi connectivity index (χ0n) is 13.4. The van der Waals surface area contributed by atoms with Gasteiger partial charge in [0.2, 0.25) is 5.69 Å². The van der Waals surface area contributed by atoms with Crippen LogP contribution in [0.3, 0.4) is 0 Å². The van der Waals surface area contributed by atoms with E-state index in [1.54, 1.807) is 11.8 Å². The maximum Gasteiger partial charge on any atom is 0.322 e. The molecule has 7 heteroatoms. The Morgan fingerprint density at radius 2 is 2.12 bits per heavy atom. The molecule has 0 radical (unpaired) electrons. The number of aromatic nitrogens is 2. The fourth-order valence-electron chi connectivity index (χ4n) is 2.89. The van der Waals surface area contributed by atoms with E-state index in [2.05, 4.69) is 16.3 Å². The van der Waals surface area contributed by atoms with Crippen LogP contribution in [0.15, 0.2) is 36.4 Å². The minimum absolute atomic E-state index is 0.105. The number of amides is 1. The zero-order valence-corrected chi connectivity index (χ0v) is 13.4.